The van der Waals surface area contributed by atoms with Crippen molar-refractivity contribution in [1.82, 2.24) is 0 Å². The number of hydrogen-bond acceptors (Lipinski definition) is 0. The molecule has 1 aromatic rings. The van der Waals surface area contributed by atoms with Gasteiger partial charge in [-0.3, -0.25) is 0 Å². The zero-order valence-corrected chi connectivity index (χ0v) is 7.12. The van der Waals surface area contributed by atoms with E-state index < -0.39 is 0 Å². The van der Waals surface area contributed by atoms with Crippen molar-refractivity contribution in [2.24, 2.45) is 0 Å². The molecule has 0 spiro atoms. The van der Waals surface area contributed by atoms with Gasteiger partial charge in [-0.1, -0.05) is 30.3 Å². The molecule has 56 valence electrons. The van der Waals surface area contributed by atoms with Crippen LogP contribution in [0.5, 0.6) is 0 Å². The molecule has 0 radical (unpaired) electrons. The van der Waals surface area contributed by atoms with Crippen LogP contribution < -0.4 is 0 Å². The predicted octanol–water partition coefficient (Wildman–Crippen LogP) is 2.53. The second-order valence-corrected chi connectivity index (χ2v) is 1.81. The van der Waals surface area contributed by atoms with Crippen molar-refractivity contribution >= 4 is 6.08 Å². The number of rotatable bonds is 1. The van der Waals surface area contributed by atoms with Crippen LogP contribution in [0.1, 0.15) is 5.56 Å². The Kier molecular flexibility index (Phi) is 5.02. The molecule has 0 aromatic heterocycles. The monoisotopic (exact) mass is 223 g/mol. The van der Waals surface area contributed by atoms with Crippen LogP contribution in [0.15, 0.2) is 36.4 Å². The first kappa shape index (κ1) is 9.49. The molecule has 0 saturated carbocycles. The molecule has 0 fully saturated rings. The number of benzene rings is 1. The largest absolute Gasteiger partial charge is 0.245 e. The van der Waals surface area contributed by atoms with E-state index in [1.54, 1.807) is 6.08 Å². The minimum Gasteiger partial charge on any atom is -0.245 e. The van der Waals surface area contributed by atoms with Crippen LogP contribution >= 0.6 is 0 Å². The van der Waals surface area contributed by atoms with Crippen molar-refractivity contribution < 1.29 is 20.4 Å². The van der Waals surface area contributed by atoms with Gasteiger partial charge in [0, 0.05) is 20.4 Å². The van der Waals surface area contributed by atoms with Crippen molar-refractivity contribution in [3.8, 4) is 0 Å². The second kappa shape index (κ2) is 5.29. The Morgan fingerprint density at radius 2 is 1.70 bits per heavy atom. The molecule has 10 heavy (non-hydrogen) atoms. The van der Waals surface area contributed by atoms with E-state index in [0.717, 1.165) is 0 Å². The third-order valence-electron chi connectivity index (χ3n) is 1.11. The first-order valence-corrected chi connectivity index (χ1v) is 2.94. The molecule has 0 nitrogen and oxygen atoms in total. The van der Waals surface area contributed by atoms with Gasteiger partial charge in [-0.2, -0.15) is 0 Å². The minimum atomic E-state index is 0. The molecule has 0 aliphatic heterocycles. The minimum absolute atomic E-state index is 0. The zero-order valence-electron chi connectivity index (χ0n) is 5.56. The molecule has 0 amide bonds. The summed E-state index contributed by atoms with van der Waals surface area (Å²) >= 11 is 0. The van der Waals surface area contributed by atoms with E-state index in [2.05, 4.69) is 6.92 Å². The van der Waals surface area contributed by atoms with E-state index in [-0.39, 0.29) is 20.4 Å². The fourth-order valence-electron chi connectivity index (χ4n) is 0.700. The standard InChI is InChI=1S/C9H9.Pd/c1-2-6-9-7-4-3-5-8-9;/h2-8H,1H2;/q-1;/b6-2+;. The van der Waals surface area contributed by atoms with Crippen molar-refractivity contribution in [1.29, 1.82) is 0 Å². The molecule has 0 aliphatic rings. The van der Waals surface area contributed by atoms with Gasteiger partial charge >= 0.3 is 0 Å². The summed E-state index contributed by atoms with van der Waals surface area (Å²) in [6, 6.07) is 10.1. The van der Waals surface area contributed by atoms with Gasteiger partial charge in [-0.25, -0.2) is 19.1 Å². The Balaban J connectivity index is 0.000000810. The zero-order chi connectivity index (χ0) is 6.53. The summed E-state index contributed by atoms with van der Waals surface area (Å²) in [5, 5.41) is 0. The van der Waals surface area contributed by atoms with Gasteiger partial charge in [0.15, 0.2) is 0 Å². The molecule has 0 atom stereocenters. The molecule has 0 unspecified atom stereocenters. The van der Waals surface area contributed by atoms with Crippen molar-refractivity contribution in [2.75, 3.05) is 0 Å². The fraction of sp³-hybridized carbons (Fsp3) is 0. The summed E-state index contributed by atoms with van der Waals surface area (Å²) in [6.45, 7) is 3.60. The van der Waals surface area contributed by atoms with Gasteiger partial charge in [0.25, 0.3) is 0 Å². The van der Waals surface area contributed by atoms with Crippen LogP contribution in [0, 0.1) is 6.92 Å². The molecule has 0 saturated heterocycles. The van der Waals surface area contributed by atoms with Crippen LogP contribution in [0.3, 0.4) is 0 Å². The summed E-state index contributed by atoms with van der Waals surface area (Å²) < 4.78 is 0. The summed E-state index contributed by atoms with van der Waals surface area (Å²) in [6.07, 6.45) is 3.76. The maximum absolute atomic E-state index is 3.60. The molecule has 0 N–H and O–H groups in total. The fourth-order valence-corrected chi connectivity index (χ4v) is 0.700. The Bertz CT molecular complexity index is 189. The van der Waals surface area contributed by atoms with Crippen LogP contribution in [0.25, 0.3) is 6.08 Å². The molecule has 0 heterocycles. The molecule has 0 bridgehead atoms. The van der Waals surface area contributed by atoms with Crippen LogP contribution in [0.2, 0.25) is 0 Å². The Hall–Kier alpha value is -0.508. The van der Waals surface area contributed by atoms with Gasteiger partial charge in [0.2, 0.25) is 0 Å². The van der Waals surface area contributed by atoms with Gasteiger partial charge in [0.1, 0.15) is 0 Å². The second-order valence-electron chi connectivity index (χ2n) is 1.81. The normalized spacial score (nSPS) is 9.20. The Morgan fingerprint density at radius 3 is 2.20 bits per heavy atom. The van der Waals surface area contributed by atoms with Crippen molar-refractivity contribution in [3.63, 3.8) is 0 Å². The maximum atomic E-state index is 3.60. The quantitative estimate of drug-likeness (QED) is 0.507. The smallest absolute Gasteiger partial charge is 0 e. The van der Waals surface area contributed by atoms with Crippen LogP contribution in [0.4, 0.5) is 0 Å². The summed E-state index contributed by atoms with van der Waals surface area (Å²) in [7, 11) is 0. The van der Waals surface area contributed by atoms with E-state index in [0.29, 0.717) is 0 Å². The van der Waals surface area contributed by atoms with E-state index >= 15 is 0 Å². The van der Waals surface area contributed by atoms with Crippen LogP contribution in [-0.4, -0.2) is 0 Å². The van der Waals surface area contributed by atoms with Gasteiger partial charge in [-0.15, -0.1) is 5.56 Å². The van der Waals surface area contributed by atoms with E-state index in [1.165, 1.54) is 5.56 Å². The van der Waals surface area contributed by atoms with Gasteiger partial charge in [-0.05, 0) is 0 Å². The first-order chi connectivity index (χ1) is 4.43. The molecule has 1 aromatic carbocycles. The van der Waals surface area contributed by atoms with Gasteiger partial charge in [0.05, 0.1) is 0 Å². The summed E-state index contributed by atoms with van der Waals surface area (Å²) in [4.78, 5) is 0. The topological polar surface area (TPSA) is 0 Å². The summed E-state index contributed by atoms with van der Waals surface area (Å²) in [5.74, 6) is 0. The van der Waals surface area contributed by atoms with Crippen molar-refractivity contribution in [3.05, 3.63) is 48.9 Å². The predicted molar refractivity (Wildman–Crippen MR) is 40.8 cm³/mol. The molecular weight excluding hydrogens is 215 g/mol. The van der Waals surface area contributed by atoms with E-state index in [1.807, 2.05) is 36.4 Å². The average molecular weight is 224 g/mol. The number of hydrogen-bond donors (Lipinski definition) is 0. The number of allylic oxidation sites excluding steroid dienone is 1. The molecule has 0 aliphatic carbocycles. The Labute approximate surface area is 75.6 Å². The van der Waals surface area contributed by atoms with E-state index in [4.69, 9.17) is 0 Å². The van der Waals surface area contributed by atoms with E-state index in [9.17, 15) is 0 Å². The molecule has 1 rings (SSSR count). The molecule has 1 heteroatoms. The third kappa shape index (κ3) is 2.87. The van der Waals surface area contributed by atoms with Crippen LogP contribution in [-0.2, 0) is 20.4 Å². The molecular formula is C9H9Pd-. The SMILES string of the molecule is [CH2-]/C=C/c1ccccc1.[Pd]. The Morgan fingerprint density at radius 1 is 1.10 bits per heavy atom. The maximum Gasteiger partial charge on any atom is 0 e. The summed E-state index contributed by atoms with van der Waals surface area (Å²) in [5.41, 5.74) is 1.20. The van der Waals surface area contributed by atoms with Gasteiger partial charge < -0.3 is 0 Å². The first-order valence-electron chi connectivity index (χ1n) is 2.94. The third-order valence-corrected chi connectivity index (χ3v) is 1.11. The average Bonchev–Trinajstić information content (AvgIpc) is 1.91. The van der Waals surface area contributed by atoms with Crippen molar-refractivity contribution in [2.45, 2.75) is 0 Å².